The molecule has 6 heteroatoms. The molecule has 1 unspecified atom stereocenters. The zero-order valence-corrected chi connectivity index (χ0v) is 10.2. The number of aliphatic hydroxyl groups is 1. The van der Waals surface area contributed by atoms with Crippen LogP contribution >= 0.6 is 0 Å². The minimum atomic E-state index is -4.10. The highest BCUT2D eigenvalue weighted by molar-refractivity contribution is 4.64. The topological polar surface area (TPSA) is 41.5 Å². The van der Waals surface area contributed by atoms with E-state index >= 15 is 0 Å². The van der Waals surface area contributed by atoms with Crippen molar-refractivity contribution in [2.24, 2.45) is 0 Å². The number of rotatable bonds is 10. The molecule has 0 amide bonds. The van der Waals surface area contributed by atoms with E-state index in [-0.39, 0.29) is 25.7 Å². The maximum absolute atomic E-state index is 11.8. The van der Waals surface area contributed by atoms with E-state index in [0.29, 0.717) is 13.0 Å². The van der Waals surface area contributed by atoms with Crippen LogP contribution in [0.15, 0.2) is 0 Å². The molecule has 17 heavy (non-hydrogen) atoms. The quantitative estimate of drug-likeness (QED) is 0.589. The highest BCUT2D eigenvalue weighted by atomic mass is 19.4. The van der Waals surface area contributed by atoms with Crippen LogP contribution in [0.4, 0.5) is 13.2 Å². The number of nitrogens with one attached hydrogen (secondary N) is 1. The summed E-state index contributed by atoms with van der Waals surface area (Å²) >= 11 is 0. The number of ether oxygens (including phenoxy) is 1. The molecule has 104 valence electrons. The van der Waals surface area contributed by atoms with Crippen LogP contribution in [0.5, 0.6) is 0 Å². The van der Waals surface area contributed by atoms with E-state index in [0.717, 1.165) is 13.0 Å². The molecule has 0 fully saturated rings. The van der Waals surface area contributed by atoms with E-state index in [1.165, 1.54) is 0 Å². The predicted molar refractivity (Wildman–Crippen MR) is 59.9 cm³/mol. The molecule has 0 heterocycles. The van der Waals surface area contributed by atoms with Crippen LogP contribution in [-0.4, -0.2) is 43.7 Å². The third-order valence-electron chi connectivity index (χ3n) is 2.26. The molecule has 0 saturated carbocycles. The summed E-state index contributed by atoms with van der Waals surface area (Å²) in [5.74, 6) is 0. The summed E-state index contributed by atoms with van der Waals surface area (Å²) < 4.78 is 40.5. The third kappa shape index (κ3) is 11.9. The fourth-order valence-corrected chi connectivity index (χ4v) is 1.31. The molecule has 0 bridgehead atoms. The Morgan fingerprint density at radius 1 is 1.29 bits per heavy atom. The van der Waals surface area contributed by atoms with E-state index in [1.807, 2.05) is 6.92 Å². The van der Waals surface area contributed by atoms with Crippen LogP contribution in [0.25, 0.3) is 0 Å². The maximum atomic E-state index is 11.8. The number of hydrogen-bond acceptors (Lipinski definition) is 3. The zero-order valence-electron chi connectivity index (χ0n) is 10.2. The predicted octanol–water partition coefficient (Wildman–Crippen LogP) is 2.10. The van der Waals surface area contributed by atoms with E-state index < -0.39 is 12.6 Å². The molecule has 3 nitrogen and oxygen atoms in total. The molecule has 0 spiro atoms. The monoisotopic (exact) mass is 257 g/mol. The van der Waals surface area contributed by atoms with Crippen molar-refractivity contribution in [3.05, 3.63) is 0 Å². The lowest BCUT2D eigenvalue weighted by Gasteiger charge is -2.15. The average Bonchev–Trinajstić information content (AvgIpc) is 2.25. The van der Waals surface area contributed by atoms with Gasteiger partial charge in [-0.15, -0.1) is 0 Å². The van der Waals surface area contributed by atoms with Crippen LogP contribution in [0.1, 0.15) is 32.6 Å². The lowest BCUT2D eigenvalue weighted by atomic mass is 10.2. The zero-order chi connectivity index (χ0) is 13.1. The molecule has 0 aliphatic carbocycles. The van der Waals surface area contributed by atoms with Gasteiger partial charge in [0.2, 0.25) is 0 Å². The molecule has 0 radical (unpaired) electrons. The van der Waals surface area contributed by atoms with Gasteiger partial charge in [0.1, 0.15) is 0 Å². The van der Waals surface area contributed by atoms with Crippen LogP contribution < -0.4 is 5.32 Å². The van der Waals surface area contributed by atoms with Crippen LogP contribution in [0.2, 0.25) is 0 Å². The Kier molecular flexibility index (Phi) is 9.49. The average molecular weight is 257 g/mol. The van der Waals surface area contributed by atoms with E-state index in [4.69, 9.17) is 9.84 Å². The highest BCUT2D eigenvalue weighted by Gasteiger charge is 2.25. The molecule has 0 aliphatic rings. The van der Waals surface area contributed by atoms with Crippen molar-refractivity contribution in [1.82, 2.24) is 5.32 Å². The standard InChI is InChI=1S/C11H22F3NO2/c1-2-6-15-10(9-16)4-8-17-7-3-5-11(12,13)14/h10,15-16H,2-9H2,1H3. The lowest BCUT2D eigenvalue weighted by molar-refractivity contribution is -0.137. The van der Waals surface area contributed by atoms with Crippen molar-refractivity contribution in [2.75, 3.05) is 26.4 Å². The molecule has 0 saturated heterocycles. The SMILES string of the molecule is CCCNC(CO)CCOCCCC(F)(F)F. The molecule has 2 N–H and O–H groups in total. The first kappa shape index (κ1) is 16.7. The van der Waals surface area contributed by atoms with Crippen molar-refractivity contribution >= 4 is 0 Å². The second-order valence-electron chi connectivity index (χ2n) is 3.95. The van der Waals surface area contributed by atoms with Crippen molar-refractivity contribution in [3.8, 4) is 0 Å². The number of halogens is 3. The van der Waals surface area contributed by atoms with Crippen LogP contribution in [0.3, 0.4) is 0 Å². The summed E-state index contributed by atoms with van der Waals surface area (Å²) in [6.07, 6.45) is -3.31. The third-order valence-corrected chi connectivity index (χ3v) is 2.26. The maximum Gasteiger partial charge on any atom is 0.389 e. The van der Waals surface area contributed by atoms with Crippen molar-refractivity contribution in [1.29, 1.82) is 0 Å². The molecule has 0 aromatic carbocycles. The smallest absolute Gasteiger partial charge is 0.389 e. The Labute approximate surface area is 100 Å². The first-order valence-electron chi connectivity index (χ1n) is 5.98. The van der Waals surface area contributed by atoms with Gasteiger partial charge in [0.05, 0.1) is 6.61 Å². The van der Waals surface area contributed by atoms with Gasteiger partial charge in [-0.3, -0.25) is 0 Å². The minimum absolute atomic E-state index is 0.00429. The van der Waals surface area contributed by atoms with Crippen LogP contribution in [0, 0.1) is 0 Å². The molecule has 0 rings (SSSR count). The normalized spacial score (nSPS) is 13.9. The largest absolute Gasteiger partial charge is 0.395 e. The van der Waals surface area contributed by atoms with Gasteiger partial charge in [-0.1, -0.05) is 6.92 Å². The lowest BCUT2D eigenvalue weighted by Crippen LogP contribution is -2.34. The molecule has 1 atom stereocenters. The fourth-order valence-electron chi connectivity index (χ4n) is 1.31. The Morgan fingerprint density at radius 3 is 2.53 bits per heavy atom. The molecule has 0 aliphatic heterocycles. The van der Waals surface area contributed by atoms with Gasteiger partial charge in [-0.2, -0.15) is 13.2 Å². The van der Waals surface area contributed by atoms with Gasteiger partial charge in [-0.05, 0) is 25.8 Å². The Bertz CT molecular complexity index is 177. The summed E-state index contributed by atoms with van der Waals surface area (Å²) in [5, 5.41) is 12.1. The van der Waals surface area contributed by atoms with E-state index in [2.05, 4.69) is 5.32 Å². The number of hydrogen-bond donors (Lipinski definition) is 2. The Morgan fingerprint density at radius 2 is 2.00 bits per heavy atom. The molecule has 0 aromatic heterocycles. The van der Waals surface area contributed by atoms with Gasteiger partial charge in [0.25, 0.3) is 0 Å². The van der Waals surface area contributed by atoms with Gasteiger partial charge in [-0.25, -0.2) is 0 Å². The minimum Gasteiger partial charge on any atom is -0.395 e. The molecule has 0 aromatic rings. The van der Waals surface area contributed by atoms with Crippen molar-refractivity contribution in [3.63, 3.8) is 0 Å². The van der Waals surface area contributed by atoms with Gasteiger partial charge in [0, 0.05) is 25.7 Å². The Balaban J connectivity index is 3.36. The summed E-state index contributed by atoms with van der Waals surface area (Å²) in [6.45, 7) is 3.35. The summed E-state index contributed by atoms with van der Waals surface area (Å²) in [6, 6.07) is -0.0300. The van der Waals surface area contributed by atoms with Crippen molar-refractivity contribution in [2.45, 2.75) is 44.8 Å². The first-order chi connectivity index (χ1) is 7.99. The number of aliphatic hydroxyl groups excluding tert-OH is 1. The highest BCUT2D eigenvalue weighted by Crippen LogP contribution is 2.20. The molecular formula is C11H22F3NO2. The number of alkyl halides is 3. The molecular weight excluding hydrogens is 235 g/mol. The van der Waals surface area contributed by atoms with Gasteiger partial charge >= 0.3 is 6.18 Å². The van der Waals surface area contributed by atoms with Crippen LogP contribution in [-0.2, 0) is 4.74 Å². The first-order valence-corrected chi connectivity index (χ1v) is 5.98. The van der Waals surface area contributed by atoms with E-state index in [9.17, 15) is 13.2 Å². The second-order valence-corrected chi connectivity index (χ2v) is 3.95. The van der Waals surface area contributed by atoms with Gasteiger partial charge in [0.15, 0.2) is 0 Å². The fraction of sp³-hybridized carbons (Fsp3) is 1.00. The Hall–Kier alpha value is -0.330. The van der Waals surface area contributed by atoms with E-state index in [1.54, 1.807) is 0 Å². The van der Waals surface area contributed by atoms with Crippen molar-refractivity contribution < 1.29 is 23.0 Å². The summed E-state index contributed by atoms with van der Waals surface area (Å²) in [7, 11) is 0. The second kappa shape index (κ2) is 9.67. The summed E-state index contributed by atoms with van der Waals surface area (Å²) in [4.78, 5) is 0. The van der Waals surface area contributed by atoms with Gasteiger partial charge < -0.3 is 15.2 Å². The summed E-state index contributed by atoms with van der Waals surface area (Å²) in [5.41, 5.74) is 0.